The summed E-state index contributed by atoms with van der Waals surface area (Å²) < 4.78 is 5.33. The van der Waals surface area contributed by atoms with E-state index < -0.39 is 0 Å². The molecule has 2 rings (SSSR count). The van der Waals surface area contributed by atoms with Crippen LogP contribution >= 0.6 is 11.3 Å². The Balaban J connectivity index is 1.82. The predicted octanol–water partition coefficient (Wildman–Crippen LogP) is 1.30. The first-order chi connectivity index (χ1) is 7.70. The summed E-state index contributed by atoms with van der Waals surface area (Å²) in [6.07, 6.45) is 3.71. The number of thiazole rings is 1. The molecule has 0 aromatic carbocycles. The van der Waals surface area contributed by atoms with Gasteiger partial charge in [0.15, 0.2) is 0 Å². The Kier molecular flexibility index (Phi) is 3.91. The van der Waals surface area contributed by atoms with Crippen LogP contribution < -0.4 is 11.1 Å². The van der Waals surface area contributed by atoms with Gasteiger partial charge in [-0.05, 0) is 19.8 Å². The zero-order valence-corrected chi connectivity index (χ0v) is 10.4. The molecule has 1 aromatic heterocycles. The Labute approximate surface area is 100 Å². The van der Waals surface area contributed by atoms with Crippen molar-refractivity contribution in [3.8, 4) is 0 Å². The second-order valence-electron chi connectivity index (χ2n) is 4.45. The van der Waals surface area contributed by atoms with Gasteiger partial charge >= 0.3 is 0 Å². The van der Waals surface area contributed by atoms with Crippen LogP contribution in [0, 0.1) is 0 Å². The Hall–Kier alpha value is -0.490. The van der Waals surface area contributed by atoms with Crippen molar-refractivity contribution in [2.24, 2.45) is 5.73 Å². The Bertz CT molecular complexity index is 309. The van der Waals surface area contributed by atoms with Gasteiger partial charge in [-0.2, -0.15) is 0 Å². The monoisotopic (exact) mass is 241 g/mol. The third-order valence-electron chi connectivity index (χ3n) is 3.07. The van der Waals surface area contributed by atoms with E-state index in [9.17, 15) is 0 Å². The number of nitrogens with one attached hydrogen (secondary N) is 1. The van der Waals surface area contributed by atoms with Gasteiger partial charge in [-0.1, -0.05) is 0 Å². The topological polar surface area (TPSA) is 60.2 Å². The molecule has 90 valence electrons. The minimum Gasteiger partial charge on any atom is -0.381 e. The number of rotatable bonds is 4. The molecule has 1 unspecified atom stereocenters. The maximum atomic E-state index is 6.30. The highest BCUT2D eigenvalue weighted by molar-refractivity contribution is 7.09. The second kappa shape index (κ2) is 5.23. The van der Waals surface area contributed by atoms with E-state index >= 15 is 0 Å². The molecule has 0 spiro atoms. The average Bonchev–Trinajstić information content (AvgIpc) is 2.80. The van der Waals surface area contributed by atoms with Crippen molar-refractivity contribution < 1.29 is 4.74 Å². The Morgan fingerprint density at radius 1 is 1.62 bits per heavy atom. The number of nitrogens with two attached hydrogens (primary N) is 1. The van der Waals surface area contributed by atoms with E-state index in [0.29, 0.717) is 0 Å². The van der Waals surface area contributed by atoms with Gasteiger partial charge in [-0.25, -0.2) is 4.98 Å². The molecule has 1 fully saturated rings. The van der Waals surface area contributed by atoms with Crippen molar-refractivity contribution in [2.75, 3.05) is 19.8 Å². The smallest absolute Gasteiger partial charge is 0.109 e. The van der Waals surface area contributed by atoms with Crippen molar-refractivity contribution in [1.82, 2.24) is 10.3 Å². The average molecular weight is 241 g/mol. The van der Waals surface area contributed by atoms with E-state index in [-0.39, 0.29) is 11.6 Å². The van der Waals surface area contributed by atoms with Crippen LogP contribution in [0.3, 0.4) is 0 Å². The lowest BCUT2D eigenvalue weighted by atomic mass is 9.91. The molecule has 2 heterocycles. The molecule has 0 bridgehead atoms. The van der Waals surface area contributed by atoms with E-state index in [1.54, 1.807) is 11.3 Å². The lowest BCUT2D eigenvalue weighted by Gasteiger charge is -2.34. The SMILES string of the molecule is CC(NCC1(N)CCOCC1)c1nccs1. The highest BCUT2D eigenvalue weighted by atomic mass is 32.1. The third kappa shape index (κ3) is 3.01. The number of nitrogens with zero attached hydrogens (tertiary/aromatic N) is 1. The summed E-state index contributed by atoms with van der Waals surface area (Å²) in [4.78, 5) is 4.29. The third-order valence-corrected chi connectivity index (χ3v) is 4.03. The Morgan fingerprint density at radius 2 is 2.38 bits per heavy atom. The van der Waals surface area contributed by atoms with Gasteiger partial charge in [-0.3, -0.25) is 0 Å². The molecule has 1 saturated heterocycles. The molecular formula is C11H19N3OS. The lowest BCUT2D eigenvalue weighted by molar-refractivity contribution is 0.0523. The van der Waals surface area contributed by atoms with Crippen LogP contribution in [0.4, 0.5) is 0 Å². The van der Waals surface area contributed by atoms with Crippen LogP contribution in [0.25, 0.3) is 0 Å². The normalized spacial score (nSPS) is 21.9. The van der Waals surface area contributed by atoms with Gasteiger partial charge in [0.1, 0.15) is 5.01 Å². The maximum Gasteiger partial charge on any atom is 0.109 e. The highest BCUT2D eigenvalue weighted by Gasteiger charge is 2.28. The zero-order chi connectivity index (χ0) is 11.4. The zero-order valence-electron chi connectivity index (χ0n) is 9.61. The first-order valence-electron chi connectivity index (χ1n) is 5.69. The minimum atomic E-state index is -0.107. The molecule has 1 aliphatic heterocycles. The van der Waals surface area contributed by atoms with E-state index in [0.717, 1.165) is 37.6 Å². The highest BCUT2D eigenvalue weighted by Crippen LogP contribution is 2.19. The van der Waals surface area contributed by atoms with Crippen LogP contribution in [0.5, 0.6) is 0 Å². The van der Waals surface area contributed by atoms with Crippen LogP contribution in [0.15, 0.2) is 11.6 Å². The summed E-state index contributed by atoms with van der Waals surface area (Å²) in [6.45, 7) is 4.52. The lowest BCUT2D eigenvalue weighted by Crippen LogP contribution is -2.52. The van der Waals surface area contributed by atoms with E-state index in [2.05, 4.69) is 17.2 Å². The molecule has 0 amide bonds. The van der Waals surface area contributed by atoms with Crippen LogP contribution in [-0.2, 0) is 4.74 Å². The van der Waals surface area contributed by atoms with E-state index in [1.165, 1.54) is 0 Å². The quantitative estimate of drug-likeness (QED) is 0.834. The minimum absolute atomic E-state index is 0.107. The van der Waals surface area contributed by atoms with Crippen molar-refractivity contribution in [1.29, 1.82) is 0 Å². The number of aromatic nitrogens is 1. The van der Waals surface area contributed by atoms with Crippen LogP contribution in [-0.4, -0.2) is 30.3 Å². The first kappa shape index (κ1) is 12.0. The standard InChI is InChI=1S/C11H19N3OS/c1-9(10-13-4-7-16-10)14-8-11(12)2-5-15-6-3-11/h4,7,9,14H,2-3,5-6,8,12H2,1H3. The molecule has 16 heavy (non-hydrogen) atoms. The second-order valence-corrected chi connectivity index (χ2v) is 5.37. The summed E-state index contributed by atoms with van der Waals surface area (Å²) in [6, 6.07) is 0.281. The van der Waals surface area contributed by atoms with Gasteiger partial charge in [0.25, 0.3) is 0 Å². The molecule has 1 aliphatic rings. The predicted molar refractivity (Wildman–Crippen MR) is 65.5 cm³/mol. The van der Waals surface area contributed by atoms with Gasteiger partial charge in [0, 0.05) is 36.9 Å². The molecule has 0 radical (unpaired) electrons. The fourth-order valence-electron chi connectivity index (χ4n) is 1.85. The first-order valence-corrected chi connectivity index (χ1v) is 6.57. The van der Waals surface area contributed by atoms with Crippen molar-refractivity contribution in [3.05, 3.63) is 16.6 Å². The summed E-state index contributed by atoms with van der Waals surface area (Å²) in [5, 5.41) is 6.58. The molecule has 1 aromatic rings. The molecule has 1 atom stereocenters. The maximum absolute atomic E-state index is 6.30. The summed E-state index contributed by atoms with van der Waals surface area (Å²) >= 11 is 1.68. The van der Waals surface area contributed by atoms with Gasteiger partial charge in [0.2, 0.25) is 0 Å². The molecule has 3 N–H and O–H groups in total. The van der Waals surface area contributed by atoms with Crippen molar-refractivity contribution in [2.45, 2.75) is 31.3 Å². The van der Waals surface area contributed by atoms with E-state index in [1.807, 2.05) is 11.6 Å². The van der Waals surface area contributed by atoms with Crippen molar-refractivity contribution in [3.63, 3.8) is 0 Å². The van der Waals surface area contributed by atoms with E-state index in [4.69, 9.17) is 10.5 Å². The Morgan fingerprint density at radius 3 is 3.00 bits per heavy atom. The van der Waals surface area contributed by atoms with Gasteiger partial charge < -0.3 is 15.8 Å². The molecular weight excluding hydrogens is 222 g/mol. The van der Waals surface area contributed by atoms with Gasteiger partial charge in [0.05, 0.1) is 6.04 Å². The molecule has 4 nitrogen and oxygen atoms in total. The summed E-state index contributed by atoms with van der Waals surface area (Å²) in [7, 11) is 0. The fourth-order valence-corrected chi connectivity index (χ4v) is 2.52. The number of hydrogen-bond donors (Lipinski definition) is 2. The molecule has 0 saturated carbocycles. The van der Waals surface area contributed by atoms with Gasteiger partial charge in [-0.15, -0.1) is 11.3 Å². The van der Waals surface area contributed by atoms with Crippen LogP contribution in [0.1, 0.15) is 30.8 Å². The summed E-state index contributed by atoms with van der Waals surface area (Å²) in [5.74, 6) is 0. The largest absolute Gasteiger partial charge is 0.381 e. The number of ether oxygens (including phenoxy) is 1. The number of hydrogen-bond acceptors (Lipinski definition) is 5. The van der Waals surface area contributed by atoms with Crippen molar-refractivity contribution >= 4 is 11.3 Å². The van der Waals surface area contributed by atoms with Crippen LogP contribution in [0.2, 0.25) is 0 Å². The molecule has 0 aliphatic carbocycles. The fraction of sp³-hybridized carbons (Fsp3) is 0.727. The molecule has 5 heteroatoms. The summed E-state index contributed by atoms with van der Waals surface area (Å²) in [5.41, 5.74) is 6.19.